The molecule has 0 bridgehead atoms. The minimum absolute atomic E-state index is 0.155. The monoisotopic (exact) mass is 532 g/mol. The van der Waals surface area contributed by atoms with E-state index in [4.69, 9.17) is 16.3 Å². The van der Waals surface area contributed by atoms with Gasteiger partial charge in [0.2, 0.25) is 0 Å². The third-order valence-electron chi connectivity index (χ3n) is 6.28. The van der Waals surface area contributed by atoms with Gasteiger partial charge in [0.1, 0.15) is 11.3 Å². The molecule has 0 aliphatic carbocycles. The van der Waals surface area contributed by atoms with Gasteiger partial charge in [-0.05, 0) is 72.8 Å². The number of nitrogens with one attached hydrogen (secondary N) is 1. The van der Waals surface area contributed by atoms with Gasteiger partial charge in [-0.2, -0.15) is 13.2 Å². The average Bonchev–Trinajstić information content (AvgIpc) is 2.90. The quantitative estimate of drug-likeness (QED) is 0.131. The molecule has 37 heavy (non-hydrogen) atoms. The lowest BCUT2D eigenvalue weighted by atomic mass is 10.00. The van der Waals surface area contributed by atoms with Crippen molar-refractivity contribution in [3.8, 4) is 5.75 Å². The van der Waals surface area contributed by atoms with Crippen LogP contribution in [0, 0.1) is 0 Å². The van der Waals surface area contributed by atoms with Gasteiger partial charge >= 0.3 is 6.18 Å². The van der Waals surface area contributed by atoms with Crippen LogP contribution in [0.15, 0.2) is 78.9 Å². The topological polar surface area (TPSA) is 24.5 Å². The molecular formula is C30H36ClF3N2O. The van der Waals surface area contributed by atoms with Crippen molar-refractivity contribution in [3.05, 3.63) is 101 Å². The second-order valence-electron chi connectivity index (χ2n) is 9.22. The number of nitrogens with zero attached hydrogens (tertiary/aromatic N) is 1. The zero-order valence-corrected chi connectivity index (χ0v) is 22.2. The van der Waals surface area contributed by atoms with Crippen LogP contribution in [0.25, 0.3) is 0 Å². The number of alkyl halides is 4. The Labute approximate surface area is 223 Å². The average molecular weight is 533 g/mol. The van der Waals surface area contributed by atoms with Crippen molar-refractivity contribution in [2.75, 3.05) is 32.8 Å². The molecule has 0 radical (unpaired) electrons. The van der Waals surface area contributed by atoms with Gasteiger partial charge in [0, 0.05) is 13.1 Å². The summed E-state index contributed by atoms with van der Waals surface area (Å²) in [6.07, 6.45) is -2.80. The minimum atomic E-state index is -4.41. The van der Waals surface area contributed by atoms with Crippen LogP contribution >= 0.6 is 11.6 Å². The lowest BCUT2D eigenvalue weighted by molar-refractivity contribution is -0.137. The highest BCUT2D eigenvalue weighted by Gasteiger charge is 2.31. The molecule has 0 aliphatic heterocycles. The molecule has 0 fully saturated rings. The fourth-order valence-corrected chi connectivity index (χ4v) is 4.58. The van der Waals surface area contributed by atoms with Crippen molar-refractivity contribution in [2.45, 2.75) is 44.3 Å². The van der Waals surface area contributed by atoms with E-state index in [1.165, 1.54) is 11.6 Å². The highest BCUT2D eigenvalue weighted by Crippen LogP contribution is 2.34. The zero-order chi connectivity index (χ0) is 26.7. The summed E-state index contributed by atoms with van der Waals surface area (Å²) in [5.41, 5.74) is 1.42. The van der Waals surface area contributed by atoms with E-state index in [2.05, 4.69) is 43.4 Å². The first kappa shape index (κ1) is 29.0. The Hall–Kier alpha value is -2.54. The Balaban J connectivity index is 1.66. The largest absolute Gasteiger partial charge is 0.494 e. The van der Waals surface area contributed by atoms with Gasteiger partial charge in [0.25, 0.3) is 0 Å². The maximum absolute atomic E-state index is 13.3. The normalized spacial score (nSPS) is 13.5. The Kier molecular flexibility index (Phi) is 11.3. The van der Waals surface area contributed by atoms with Crippen LogP contribution in [0.1, 0.15) is 53.9 Å². The molecule has 0 spiro atoms. The molecule has 0 aromatic heterocycles. The van der Waals surface area contributed by atoms with Crippen molar-refractivity contribution >= 4 is 11.6 Å². The molecule has 1 unspecified atom stereocenters. The van der Waals surface area contributed by atoms with E-state index >= 15 is 0 Å². The summed E-state index contributed by atoms with van der Waals surface area (Å²) in [6.45, 7) is 7.73. The standard InChI is InChI=1S/C30H36ClF3N2O/c1-3-35-17-16-24-10-7-15-28(20-24)37-19-9-18-36(22-23(2)25-11-5-4-6-12-25)29(31)26-13-8-14-27(21-26)30(32,33)34/h4-8,10-15,20-21,23,29,35H,3,9,16-19,22H2,1-2H3/t23-,29?/m1/s1. The summed E-state index contributed by atoms with van der Waals surface area (Å²) in [4.78, 5) is 2.03. The van der Waals surface area contributed by atoms with E-state index in [0.29, 0.717) is 31.7 Å². The molecular weight excluding hydrogens is 497 g/mol. The summed E-state index contributed by atoms with van der Waals surface area (Å²) in [5.74, 6) is 0.973. The second-order valence-corrected chi connectivity index (χ2v) is 9.63. The smallest absolute Gasteiger partial charge is 0.416 e. The SMILES string of the molecule is CCNCCc1cccc(OCCCN(C[C@@H](C)c2ccccc2)C(Cl)c2cccc(C(F)(F)F)c2)c1. The van der Waals surface area contributed by atoms with Gasteiger partial charge in [-0.25, -0.2) is 0 Å². The Bertz CT molecular complexity index is 1080. The molecule has 3 aromatic rings. The summed E-state index contributed by atoms with van der Waals surface area (Å²) >= 11 is 6.81. The van der Waals surface area contributed by atoms with Crippen molar-refractivity contribution in [1.82, 2.24) is 10.2 Å². The molecule has 3 rings (SSSR count). The van der Waals surface area contributed by atoms with Crippen molar-refractivity contribution < 1.29 is 17.9 Å². The van der Waals surface area contributed by atoms with Gasteiger partial charge in [-0.15, -0.1) is 11.6 Å². The molecule has 2 atom stereocenters. The Morgan fingerprint density at radius 2 is 1.68 bits per heavy atom. The summed E-state index contributed by atoms with van der Waals surface area (Å²) in [6, 6.07) is 23.4. The molecule has 1 N–H and O–H groups in total. The van der Waals surface area contributed by atoms with Crippen LogP contribution in [-0.2, 0) is 12.6 Å². The molecule has 0 saturated heterocycles. The summed E-state index contributed by atoms with van der Waals surface area (Å²) in [5, 5.41) is 3.32. The number of likely N-dealkylation sites (N-methyl/N-ethyl adjacent to an activating group) is 1. The maximum Gasteiger partial charge on any atom is 0.416 e. The van der Waals surface area contributed by atoms with Gasteiger partial charge in [-0.3, -0.25) is 4.90 Å². The second kappa shape index (κ2) is 14.4. The Morgan fingerprint density at radius 1 is 0.946 bits per heavy atom. The van der Waals surface area contributed by atoms with E-state index in [1.54, 1.807) is 6.07 Å². The van der Waals surface area contributed by atoms with Crippen molar-refractivity contribution in [2.24, 2.45) is 0 Å². The molecule has 0 aliphatic rings. The first-order chi connectivity index (χ1) is 17.8. The van der Waals surface area contributed by atoms with E-state index in [1.807, 2.05) is 35.2 Å². The first-order valence-corrected chi connectivity index (χ1v) is 13.2. The molecule has 200 valence electrons. The van der Waals surface area contributed by atoms with Crippen LogP contribution < -0.4 is 10.1 Å². The van der Waals surface area contributed by atoms with Crippen LogP contribution in [0.5, 0.6) is 5.75 Å². The number of rotatable bonds is 14. The summed E-state index contributed by atoms with van der Waals surface area (Å²) in [7, 11) is 0. The van der Waals surface area contributed by atoms with Crippen molar-refractivity contribution in [3.63, 3.8) is 0 Å². The molecule has 0 amide bonds. The number of halogens is 4. The fraction of sp³-hybridized carbons (Fsp3) is 0.400. The van der Waals surface area contributed by atoms with Crippen LogP contribution in [0.2, 0.25) is 0 Å². The number of hydrogen-bond acceptors (Lipinski definition) is 3. The lowest BCUT2D eigenvalue weighted by Gasteiger charge is -2.31. The molecule has 0 saturated carbocycles. The van der Waals surface area contributed by atoms with Crippen LogP contribution in [0.4, 0.5) is 13.2 Å². The van der Waals surface area contributed by atoms with Crippen molar-refractivity contribution in [1.29, 1.82) is 0 Å². The molecule has 0 heterocycles. The van der Waals surface area contributed by atoms with Crippen LogP contribution in [0.3, 0.4) is 0 Å². The first-order valence-electron chi connectivity index (χ1n) is 12.8. The molecule has 7 heteroatoms. The maximum atomic E-state index is 13.3. The predicted molar refractivity (Wildman–Crippen MR) is 145 cm³/mol. The van der Waals surface area contributed by atoms with Crippen LogP contribution in [-0.4, -0.2) is 37.7 Å². The fourth-order valence-electron chi connectivity index (χ4n) is 4.27. The van der Waals surface area contributed by atoms with Gasteiger partial charge in [-0.1, -0.05) is 68.4 Å². The third kappa shape index (κ3) is 9.37. The zero-order valence-electron chi connectivity index (χ0n) is 21.5. The third-order valence-corrected chi connectivity index (χ3v) is 6.81. The van der Waals surface area contributed by atoms with E-state index in [9.17, 15) is 13.2 Å². The van der Waals surface area contributed by atoms with Gasteiger partial charge < -0.3 is 10.1 Å². The predicted octanol–water partition coefficient (Wildman–Crippen LogP) is 7.67. The Morgan fingerprint density at radius 3 is 2.41 bits per heavy atom. The highest BCUT2D eigenvalue weighted by atomic mass is 35.5. The van der Waals surface area contributed by atoms with E-state index in [0.717, 1.165) is 43.0 Å². The van der Waals surface area contributed by atoms with Gasteiger partial charge in [0.15, 0.2) is 0 Å². The van der Waals surface area contributed by atoms with E-state index in [-0.39, 0.29) is 5.92 Å². The number of ether oxygens (including phenoxy) is 1. The highest BCUT2D eigenvalue weighted by molar-refractivity contribution is 6.20. The number of benzene rings is 3. The number of hydrogen-bond donors (Lipinski definition) is 1. The molecule has 3 aromatic carbocycles. The lowest BCUT2D eigenvalue weighted by Crippen LogP contribution is -2.31. The van der Waals surface area contributed by atoms with E-state index < -0.39 is 17.2 Å². The summed E-state index contributed by atoms with van der Waals surface area (Å²) < 4.78 is 45.9. The minimum Gasteiger partial charge on any atom is -0.494 e. The molecule has 3 nitrogen and oxygen atoms in total. The van der Waals surface area contributed by atoms with Gasteiger partial charge in [0.05, 0.1) is 12.2 Å².